The fraction of sp³-hybridized carbons (Fsp3) is 0.400. The maximum absolute atomic E-state index is 13.1. The van der Waals surface area contributed by atoms with Crippen molar-refractivity contribution in [3.8, 4) is 5.75 Å². The Morgan fingerprint density at radius 2 is 1.31 bits per heavy atom. The third kappa shape index (κ3) is 7.45. The first kappa shape index (κ1) is 28.6. The molecule has 2 rings (SSSR count). The van der Waals surface area contributed by atoms with Crippen LogP contribution in [0.4, 0.5) is 15.3 Å². The number of amides is 2. The lowest BCUT2D eigenvalue weighted by Crippen LogP contribution is -2.44. The number of esters is 1. The van der Waals surface area contributed by atoms with Crippen molar-refractivity contribution in [1.29, 1.82) is 0 Å². The zero-order chi connectivity index (χ0) is 27.5. The molecule has 0 aliphatic heterocycles. The number of para-hydroxylation sites is 1. The molecule has 196 valence electrons. The molecule has 0 radical (unpaired) electrons. The molecule has 0 aromatic heterocycles. The first-order chi connectivity index (χ1) is 16.4. The predicted octanol–water partition coefficient (Wildman–Crippen LogP) is 5.23. The van der Waals surface area contributed by atoms with Crippen LogP contribution in [0.3, 0.4) is 0 Å². The summed E-state index contributed by atoms with van der Waals surface area (Å²) in [6, 6.07) is 9.57. The van der Waals surface area contributed by atoms with E-state index in [0.717, 1.165) is 12.7 Å². The lowest BCUT2D eigenvalue weighted by atomic mass is 10.1. The molecule has 36 heavy (non-hydrogen) atoms. The molecule has 2 amide bonds. The van der Waals surface area contributed by atoms with E-state index in [1.54, 1.807) is 60.6 Å². The minimum atomic E-state index is -4.51. The number of nitrogens with zero attached hydrogens (tertiary/aromatic N) is 1. The molecule has 0 N–H and O–H groups in total. The number of methoxy groups -OCH3 is 1. The minimum absolute atomic E-state index is 0.209. The highest BCUT2D eigenvalue weighted by Gasteiger charge is 2.37. The lowest BCUT2D eigenvalue weighted by molar-refractivity contribution is 0.0427. The Balaban J connectivity index is 2.76. The molecule has 0 aliphatic rings. The van der Waals surface area contributed by atoms with Gasteiger partial charge in [0.15, 0.2) is 5.75 Å². The molecule has 10 nitrogen and oxygen atoms in total. The summed E-state index contributed by atoms with van der Waals surface area (Å²) >= 11 is 0. The molecule has 0 unspecified atom stereocenters. The van der Waals surface area contributed by atoms with Gasteiger partial charge in [-0.3, -0.25) is 0 Å². The second-order valence-corrected chi connectivity index (χ2v) is 11.3. The molecule has 0 saturated carbocycles. The van der Waals surface area contributed by atoms with Crippen molar-refractivity contribution in [2.45, 2.75) is 64.6 Å². The Hall–Kier alpha value is -3.60. The molecule has 0 aliphatic carbocycles. The molecule has 11 heteroatoms. The van der Waals surface area contributed by atoms with Gasteiger partial charge in [0, 0.05) is 0 Å². The first-order valence-electron chi connectivity index (χ1n) is 10.9. The van der Waals surface area contributed by atoms with Gasteiger partial charge in [0.1, 0.15) is 27.3 Å². The Morgan fingerprint density at radius 1 is 0.806 bits per heavy atom. The largest absolute Gasteiger partial charge is 0.465 e. The van der Waals surface area contributed by atoms with Crippen LogP contribution in [0, 0.1) is 6.92 Å². The van der Waals surface area contributed by atoms with Crippen LogP contribution < -0.4 is 9.08 Å². The number of benzene rings is 2. The van der Waals surface area contributed by atoms with Crippen LogP contribution in [0.1, 0.15) is 57.5 Å². The molecule has 0 atom stereocenters. The van der Waals surface area contributed by atoms with Gasteiger partial charge < -0.3 is 18.4 Å². The SMILES string of the molecule is COC(=O)c1cccc(N(C(=O)OC(C)(C)C)C(=O)OC(C)(C)C)c1OS(=O)(=O)c1ccc(C)cc1. The van der Waals surface area contributed by atoms with Gasteiger partial charge in [-0.15, -0.1) is 0 Å². The van der Waals surface area contributed by atoms with E-state index in [-0.39, 0.29) is 10.5 Å². The van der Waals surface area contributed by atoms with Gasteiger partial charge in [0.05, 0.1) is 7.11 Å². The molecule has 0 saturated heterocycles. The maximum Gasteiger partial charge on any atom is 0.424 e. The van der Waals surface area contributed by atoms with Crippen LogP contribution in [-0.4, -0.2) is 44.9 Å². The number of carbonyl (C=O) groups is 3. The zero-order valence-electron chi connectivity index (χ0n) is 21.6. The standard InChI is InChI=1S/C25H31NO9S/c1-16-12-14-17(15-13-16)36(30,31)35-20-18(21(27)32-8)10-9-11-19(20)26(22(28)33-24(2,3)4)23(29)34-25(5,6)7/h9-15H,1-8H3. The van der Waals surface area contributed by atoms with Crippen molar-refractivity contribution in [2.75, 3.05) is 12.0 Å². The van der Waals surface area contributed by atoms with E-state index in [9.17, 15) is 22.8 Å². The zero-order valence-corrected chi connectivity index (χ0v) is 22.4. The summed E-state index contributed by atoms with van der Waals surface area (Å²) in [5.74, 6) is -1.57. The van der Waals surface area contributed by atoms with Crippen LogP contribution in [0.5, 0.6) is 5.75 Å². The number of hydrogen-bond donors (Lipinski definition) is 0. The Morgan fingerprint density at radius 3 is 1.75 bits per heavy atom. The lowest BCUT2D eigenvalue weighted by Gasteiger charge is -2.29. The number of ether oxygens (including phenoxy) is 3. The molecule has 0 fully saturated rings. The summed E-state index contributed by atoms with van der Waals surface area (Å²) in [6.45, 7) is 11.3. The fourth-order valence-corrected chi connectivity index (χ4v) is 3.77. The maximum atomic E-state index is 13.1. The van der Waals surface area contributed by atoms with Gasteiger partial charge in [-0.25, -0.2) is 14.4 Å². The quantitative estimate of drug-likeness (QED) is 0.295. The second-order valence-electron chi connectivity index (χ2n) is 9.79. The summed E-state index contributed by atoms with van der Waals surface area (Å²) < 4.78 is 47.1. The molecular formula is C25H31NO9S. The molecular weight excluding hydrogens is 490 g/mol. The second kappa shape index (κ2) is 10.6. The number of aryl methyl sites for hydroxylation is 1. The van der Waals surface area contributed by atoms with Crippen LogP contribution >= 0.6 is 0 Å². The van der Waals surface area contributed by atoms with Crippen molar-refractivity contribution in [3.63, 3.8) is 0 Å². The molecule has 2 aromatic carbocycles. The van der Waals surface area contributed by atoms with Crippen molar-refractivity contribution < 1.29 is 41.2 Å². The highest BCUT2D eigenvalue weighted by atomic mass is 32.2. The van der Waals surface area contributed by atoms with Crippen LogP contribution in [-0.2, 0) is 24.3 Å². The summed E-state index contributed by atoms with van der Waals surface area (Å²) in [7, 11) is -3.42. The number of rotatable bonds is 5. The third-order valence-corrected chi connectivity index (χ3v) is 5.53. The highest BCUT2D eigenvalue weighted by molar-refractivity contribution is 7.87. The van der Waals surface area contributed by atoms with Crippen LogP contribution in [0.15, 0.2) is 47.4 Å². The van der Waals surface area contributed by atoms with E-state index >= 15 is 0 Å². The van der Waals surface area contributed by atoms with Crippen molar-refractivity contribution in [2.24, 2.45) is 0 Å². The number of anilines is 1. The number of carbonyl (C=O) groups excluding carboxylic acids is 3. The van der Waals surface area contributed by atoms with E-state index in [2.05, 4.69) is 0 Å². The van der Waals surface area contributed by atoms with Gasteiger partial charge in [0.25, 0.3) is 0 Å². The van der Waals surface area contributed by atoms with Gasteiger partial charge >= 0.3 is 28.3 Å². The Labute approximate surface area is 211 Å². The Kier molecular flexibility index (Phi) is 8.41. The Bertz CT molecular complexity index is 1210. The van der Waals surface area contributed by atoms with E-state index in [1.807, 2.05) is 0 Å². The van der Waals surface area contributed by atoms with Crippen LogP contribution in [0.2, 0.25) is 0 Å². The highest BCUT2D eigenvalue weighted by Crippen LogP contribution is 2.37. The van der Waals surface area contributed by atoms with Gasteiger partial charge in [-0.05, 0) is 72.7 Å². The monoisotopic (exact) mass is 521 g/mol. The summed E-state index contributed by atoms with van der Waals surface area (Å²) in [5.41, 5.74) is -1.97. The van der Waals surface area contributed by atoms with Gasteiger partial charge in [-0.1, -0.05) is 23.8 Å². The molecule has 2 aromatic rings. The van der Waals surface area contributed by atoms with E-state index in [4.69, 9.17) is 18.4 Å². The van der Waals surface area contributed by atoms with Crippen molar-refractivity contribution in [3.05, 3.63) is 53.6 Å². The van der Waals surface area contributed by atoms with Crippen molar-refractivity contribution >= 4 is 34.0 Å². The van der Waals surface area contributed by atoms with E-state index < -0.39 is 50.9 Å². The normalized spacial score (nSPS) is 11.9. The average molecular weight is 522 g/mol. The smallest absolute Gasteiger partial charge is 0.424 e. The fourth-order valence-electron chi connectivity index (χ4n) is 2.81. The predicted molar refractivity (Wildman–Crippen MR) is 132 cm³/mol. The van der Waals surface area contributed by atoms with E-state index in [0.29, 0.717) is 4.90 Å². The first-order valence-corrected chi connectivity index (χ1v) is 12.3. The number of imide groups is 1. The molecule has 0 spiro atoms. The number of hydrogen-bond acceptors (Lipinski definition) is 9. The topological polar surface area (TPSA) is 126 Å². The van der Waals surface area contributed by atoms with Crippen molar-refractivity contribution in [1.82, 2.24) is 0 Å². The van der Waals surface area contributed by atoms with Gasteiger partial charge in [0.2, 0.25) is 0 Å². The summed E-state index contributed by atoms with van der Waals surface area (Å²) in [6.07, 6.45) is -2.34. The van der Waals surface area contributed by atoms with Gasteiger partial charge in [-0.2, -0.15) is 13.3 Å². The molecule has 0 bridgehead atoms. The molecule has 0 heterocycles. The summed E-state index contributed by atoms with van der Waals surface area (Å²) in [5, 5.41) is 0. The van der Waals surface area contributed by atoms with Crippen LogP contribution in [0.25, 0.3) is 0 Å². The third-order valence-electron chi connectivity index (χ3n) is 4.30. The summed E-state index contributed by atoms with van der Waals surface area (Å²) in [4.78, 5) is 39.1. The van der Waals surface area contributed by atoms with E-state index in [1.165, 1.54) is 30.3 Å². The average Bonchev–Trinajstić information content (AvgIpc) is 2.72. The minimum Gasteiger partial charge on any atom is -0.465 e.